The van der Waals surface area contributed by atoms with E-state index in [1.165, 1.54) is 24.5 Å². The van der Waals surface area contributed by atoms with E-state index in [0.29, 0.717) is 11.6 Å². The van der Waals surface area contributed by atoms with Crippen LogP contribution < -0.4 is 10.6 Å². The van der Waals surface area contributed by atoms with E-state index >= 15 is 0 Å². The number of rotatable bonds is 4. The Balaban J connectivity index is 1.61. The van der Waals surface area contributed by atoms with E-state index in [1.807, 2.05) is 0 Å². The number of aromatic nitrogens is 3. The molecule has 2 aromatic heterocycles. The minimum Gasteiger partial charge on any atom is -0.346 e. The lowest BCUT2D eigenvalue weighted by Gasteiger charge is -2.27. The Hall–Kier alpha value is -2.28. The summed E-state index contributed by atoms with van der Waals surface area (Å²) in [7, 11) is 0. The van der Waals surface area contributed by atoms with Crippen LogP contribution in [0.15, 0.2) is 30.7 Å². The van der Waals surface area contributed by atoms with Gasteiger partial charge in [0.1, 0.15) is 5.82 Å². The highest BCUT2D eigenvalue weighted by atomic mass is 19.1. The number of halogens is 1. The topological polar surface area (TPSA) is 71.8 Å². The van der Waals surface area contributed by atoms with Crippen molar-refractivity contribution in [3.63, 3.8) is 0 Å². The highest BCUT2D eigenvalue weighted by molar-refractivity contribution is 5.93. The first-order valence-corrected chi connectivity index (χ1v) is 6.36. The van der Waals surface area contributed by atoms with Gasteiger partial charge in [0.15, 0.2) is 0 Å². The highest BCUT2D eigenvalue weighted by Crippen LogP contribution is 2.11. The maximum atomic E-state index is 13.4. The lowest BCUT2D eigenvalue weighted by molar-refractivity contribution is 0.0950. The molecule has 1 fully saturated rings. The first-order chi connectivity index (χ1) is 9.74. The normalized spacial score (nSPS) is 14.8. The van der Waals surface area contributed by atoms with Crippen molar-refractivity contribution >= 4 is 5.91 Å². The Morgan fingerprint density at radius 1 is 1.55 bits per heavy atom. The smallest absolute Gasteiger partial charge is 0.254 e. The number of carbonyl (C=O) groups is 1. The van der Waals surface area contributed by atoms with Crippen molar-refractivity contribution in [2.24, 2.45) is 0 Å². The van der Waals surface area contributed by atoms with Crippen LogP contribution in [-0.2, 0) is 6.54 Å². The Bertz CT molecular complexity index is 623. The Morgan fingerprint density at radius 2 is 2.40 bits per heavy atom. The van der Waals surface area contributed by atoms with Crippen LogP contribution in [0.25, 0.3) is 0 Å². The molecule has 104 valence electrons. The van der Waals surface area contributed by atoms with Crippen molar-refractivity contribution in [2.45, 2.75) is 12.6 Å². The molecule has 20 heavy (non-hydrogen) atoms. The number of carbonyl (C=O) groups excluding carboxylic acids is 1. The number of nitrogens with zero attached hydrogens (tertiary/aromatic N) is 3. The number of amides is 1. The average molecular weight is 275 g/mol. The molecule has 0 aliphatic carbocycles. The van der Waals surface area contributed by atoms with E-state index in [0.717, 1.165) is 13.1 Å². The zero-order valence-electron chi connectivity index (χ0n) is 10.7. The maximum Gasteiger partial charge on any atom is 0.254 e. The fraction of sp³-hybridized carbons (Fsp3) is 0.308. The molecule has 0 atom stereocenters. The molecule has 1 aliphatic rings. The summed E-state index contributed by atoms with van der Waals surface area (Å²) in [6.45, 7) is 1.78. The van der Waals surface area contributed by atoms with Crippen molar-refractivity contribution in [1.82, 2.24) is 25.4 Å². The third-order valence-corrected chi connectivity index (χ3v) is 3.25. The molecule has 1 aliphatic heterocycles. The number of pyridine rings is 1. The van der Waals surface area contributed by atoms with E-state index < -0.39 is 5.82 Å². The van der Waals surface area contributed by atoms with Crippen molar-refractivity contribution in [3.05, 3.63) is 47.8 Å². The highest BCUT2D eigenvalue weighted by Gasteiger charge is 2.20. The van der Waals surface area contributed by atoms with Crippen LogP contribution in [0.2, 0.25) is 0 Å². The Labute approximate surface area is 115 Å². The lowest BCUT2D eigenvalue weighted by Crippen LogP contribution is -2.43. The second-order valence-corrected chi connectivity index (χ2v) is 4.64. The van der Waals surface area contributed by atoms with Crippen LogP contribution in [0.5, 0.6) is 0 Å². The van der Waals surface area contributed by atoms with Crippen LogP contribution in [-0.4, -0.2) is 33.8 Å². The second-order valence-electron chi connectivity index (χ2n) is 4.64. The largest absolute Gasteiger partial charge is 0.346 e. The first kappa shape index (κ1) is 12.7. The summed E-state index contributed by atoms with van der Waals surface area (Å²) in [5.41, 5.74) is 0.685. The maximum absolute atomic E-state index is 13.4. The van der Waals surface area contributed by atoms with Crippen LogP contribution in [0.1, 0.15) is 22.1 Å². The molecule has 2 N–H and O–H groups in total. The third kappa shape index (κ3) is 2.53. The van der Waals surface area contributed by atoms with Crippen molar-refractivity contribution in [2.75, 3.05) is 13.1 Å². The molecule has 0 spiro atoms. The zero-order chi connectivity index (χ0) is 13.9. The lowest BCUT2D eigenvalue weighted by atomic mass is 10.2. The Kier molecular flexibility index (Phi) is 3.42. The van der Waals surface area contributed by atoms with Crippen LogP contribution in [0.4, 0.5) is 4.39 Å². The van der Waals surface area contributed by atoms with E-state index in [9.17, 15) is 9.18 Å². The van der Waals surface area contributed by atoms with Crippen molar-refractivity contribution in [3.8, 4) is 0 Å². The molecule has 0 radical (unpaired) electrons. The fourth-order valence-corrected chi connectivity index (χ4v) is 1.93. The quantitative estimate of drug-likeness (QED) is 0.852. The monoisotopic (exact) mass is 275 g/mol. The van der Waals surface area contributed by atoms with Gasteiger partial charge in [-0.15, -0.1) is 0 Å². The van der Waals surface area contributed by atoms with Crippen molar-refractivity contribution in [1.29, 1.82) is 0 Å². The summed E-state index contributed by atoms with van der Waals surface area (Å²) in [4.78, 5) is 15.8. The van der Waals surface area contributed by atoms with Gasteiger partial charge in [0.25, 0.3) is 5.91 Å². The molecule has 6 nitrogen and oxygen atoms in total. The average Bonchev–Trinajstić information content (AvgIpc) is 2.85. The van der Waals surface area contributed by atoms with Gasteiger partial charge in [-0.1, -0.05) is 0 Å². The molecule has 1 saturated heterocycles. The van der Waals surface area contributed by atoms with Crippen molar-refractivity contribution < 1.29 is 9.18 Å². The molecule has 0 saturated carbocycles. The number of nitrogens with one attached hydrogen (secondary N) is 2. The SMILES string of the molecule is O=C(NCc1ncccc1F)c1cnn(C2CNC2)c1. The van der Waals surface area contributed by atoms with Gasteiger partial charge < -0.3 is 10.6 Å². The minimum atomic E-state index is -0.427. The molecular formula is C13H14FN5O. The molecule has 2 aromatic rings. The van der Waals surface area contributed by atoms with Gasteiger partial charge >= 0.3 is 0 Å². The van der Waals surface area contributed by atoms with E-state index in [2.05, 4.69) is 20.7 Å². The molecule has 0 aromatic carbocycles. The zero-order valence-corrected chi connectivity index (χ0v) is 10.7. The Morgan fingerprint density at radius 3 is 3.10 bits per heavy atom. The van der Waals surface area contributed by atoms with Gasteiger partial charge in [-0.05, 0) is 12.1 Å². The van der Waals surface area contributed by atoms with Crippen LogP contribution in [0, 0.1) is 5.82 Å². The molecular weight excluding hydrogens is 261 g/mol. The molecule has 0 bridgehead atoms. The summed E-state index contributed by atoms with van der Waals surface area (Å²) in [6.07, 6.45) is 4.71. The summed E-state index contributed by atoms with van der Waals surface area (Å²) >= 11 is 0. The summed E-state index contributed by atoms with van der Waals surface area (Å²) < 4.78 is 15.1. The number of hydrogen-bond acceptors (Lipinski definition) is 4. The van der Waals surface area contributed by atoms with Gasteiger partial charge in [-0.25, -0.2) is 4.39 Å². The van der Waals surface area contributed by atoms with Gasteiger partial charge in [0.05, 0.1) is 30.0 Å². The van der Waals surface area contributed by atoms with Crippen LogP contribution in [0.3, 0.4) is 0 Å². The van der Waals surface area contributed by atoms with Gasteiger partial charge in [0.2, 0.25) is 0 Å². The standard InChI is InChI=1S/C13H14FN5O/c14-11-2-1-3-16-12(11)7-17-13(20)9-4-18-19(8-9)10-5-15-6-10/h1-4,8,10,15H,5-7H2,(H,17,20). The van der Waals surface area contributed by atoms with E-state index in [4.69, 9.17) is 0 Å². The molecule has 3 rings (SSSR count). The summed E-state index contributed by atoms with van der Waals surface area (Å²) in [5, 5.41) is 9.93. The molecule has 0 unspecified atom stereocenters. The fourth-order valence-electron chi connectivity index (χ4n) is 1.93. The third-order valence-electron chi connectivity index (χ3n) is 3.25. The van der Waals surface area contributed by atoms with E-state index in [1.54, 1.807) is 10.9 Å². The molecule has 3 heterocycles. The summed E-state index contributed by atoms with van der Waals surface area (Å²) in [6, 6.07) is 3.14. The van der Waals surface area contributed by atoms with E-state index in [-0.39, 0.29) is 18.1 Å². The summed E-state index contributed by atoms with van der Waals surface area (Å²) in [5.74, 6) is -0.711. The molecule has 7 heteroatoms. The second kappa shape index (κ2) is 5.38. The van der Waals surface area contributed by atoms with Gasteiger partial charge in [0, 0.05) is 25.5 Å². The van der Waals surface area contributed by atoms with Gasteiger partial charge in [-0.2, -0.15) is 5.10 Å². The van der Waals surface area contributed by atoms with Crippen LogP contribution >= 0.6 is 0 Å². The number of hydrogen-bond donors (Lipinski definition) is 2. The molecule has 1 amide bonds. The first-order valence-electron chi connectivity index (χ1n) is 6.36. The minimum absolute atomic E-state index is 0.0572. The predicted octanol–water partition coefficient (Wildman–Crippen LogP) is 0.491. The van der Waals surface area contributed by atoms with Gasteiger partial charge in [-0.3, -0.25) is 14.5 Å². The predicted molar refractivity (Wildman–Crippen MR) is 69.5 cm³/mol.